The normalized spacial score (nSPS) is 12.9. The zero-order valence-corrected chi connectivity index (χ0v) is 19.4. The number of aromatic nitrogens is 1. The molecule has 1 aliphatic rings. The highest BCUT2D eigenvalue weighted by Gasteiger charge is 2.30. The molecule has 0 fully saturated rings. The number of ether oxygens (including phenoxy) is 3. The van der Waals surface area contributed by atoms with Crippen LogP contribution >= 0.6 is 0 Å². The van der Waals surface area contributed by atoms with Crippen molar-refractivity contribution in [2.75, 3.05) is 25.6 Å². The molecular weight excluding hydrogens is 456 g/mol. The van der Waals surface area contributed by atoms with E-state index >= 15 is 0 Å². The predicted molar refractivity (Wildman–Crippen MR) is 126 cm³/mol. The molecule has 0 aliphatic carbocycles. The molecule has 0 saturated heterocycles. The van der Waals surface area contributed by atoms with E-state index in [0.717, 1.165) is 5.56 Å². The van der Waals surface area contributed by atoms with Gasteiger partial charge in [-0.05, 0) is 55.0 Å². The lowest BCUT2D eigenvalue weighted by atomic mass is 10.1. The molecule has 0 bridgehead atoms. The smallest absolute Gasteiger partial charge is 0.238 e. The fraction of sp³-hybridized carbons (Fsp3) is 0.160. The third-order valence-corrected chi connectivity index (χ3v) is 7.06. The van der Waals surface area contributed by atoms with E-state index in [1.807, 2.05) is 31.2 Å². The number of nitrogens with zero attached hydrogens (tertiary/aromatic N) is 1. The summed E-state index contributed by atoms with van der Waals surface area (Å²) in [6.45, 7) is 2.67. The van der Waals surface area contributed by atoms with E-state index in [0.29, 0.717) is 41.7 Å². The van der Waals surface area contributed by atoms with E-state index < -0.39 is 9.84 Å². The molecule has 1 aromatic heterocycles. The summed E-state index contributed by atoms with van der Waals surface area (Å²) in [5, 5.41) is 2.83. The van der Waals surface area contributed by atoms with Gasteiger partial charge in [0.15, 0.2) is 11.5 Å². The van der Waals surface area contributed by atoms with Crippen molar-refractivity contribution in [3.8, 4) is 28.7 Å². The summed E-state index contributed by atoms with van der Waals surface area (Å²) in [7, 11) is -2.49. The van der Waals surface area contributed by atoms with Crippen LogP contribution in [0.1, 0.15) is 5.56 Å². The van der Waals surface area contributed by atoms with Crippen molar-refractivity contribution in [1.82, 2.24) is 4.98 Å². The molecule has 2 heterocycles. The maximum Gasteiger partial charge on any atom is 0.238 e. The van der Waals surface area contributed by atoms with Crippen molar-refractivity contribution < 1.29 is 27.0 Å². The third-order valence-electron chi connectivity index (χ3n) is 5.40. The summed E-state index contributed by atoms with van der Waals surface area (Å²) in [6.07, 6.45) is 0. The van der Waals surface area contributed by atoms with Crippen molar-refractivity contribution in [3.05, 3.63) is 72.3 Å². The Morgan fingerprint density at radius 2 is 1.68 bits per heavy atom. The summed E-state index contributed by atoms with van der Waals surface area (Å²) in [4.78, 5) is 4.44. The Balaban J connectivity index is 1.61. The Hall–Kier alpha value is -3.98. The van der Waals surface area contributed by atoms with Crippen LogP contribution in [-0.4, -0.2) is 33.7 Å². The van der Waals surface area contributed by atoms with Crippen LogP contribution in [0.5, 0.6) is 17.2 Å². The lowest BCUT2D eigenvalue weighted by molar-refractivity contribution is 0.171. The maximum atomic E-state index is 13.7. The predicted octanol–water partition coefficient (Wildman–Crippen LogP) is 5.01. The maximum absolute atomic E-state index is 13.7. The average Bonchev–Trinajstić information content (AvgIpc) is 3.29. The van der Waals surface area contributed by atoms with Gasteiger partial charge in [0.25, 0.3) is 0 Å². The zero-order chi connectivity index (χ0) is 23.7. The molecule has 8 nitrogen and oxygen atoms in total. The first kappa shape index (κ1) is 21.8. The molecule has 0 saturated carbocycles. The van der Waals surface area contributed by atoms with Crippen LogP contribution in [0.25, 0.3) is 11.5 Å². The van der Waals surface area contributed by atoms with Crippen LogP contribution in [0.15, 0.2) is 81.1 Å². The largest absolute Gasteiger partial charge is 0.497 e. The van der Waals surface area contributed by atoms with Crippen LogP contribution < -0.4 is 19.5 Å². The number of rotatable bonds is 6. The number of hydrogen-bond acceptors (Lipinski definition) is 8. The molecule has 0 radical (unpaired) electrons. The highest BCUT2D eigenvalue weighted by Crippen LogP contribution is 2.38. The van der Waals surface area contributed by atoms with Crippen LogP contribution in [0.3, 0.4) is 0 Å². The topological polar surface area (TPSA) is 99.9 Å². The van der Waals surface area contributed by atoms with Gasteiger partial charge in [0.1, 0.15) is 19.0 Å². The van der Waals surface area contributed by atoms with Crippen LogP contribution in [0, 0.1) is 6.92 Å². The first-order valence-electron chi connectivity index (χ1n) is 10.6. The first-order valence-corrected chi connectivity index (χ1v) is 12.1. The van der Waals surface area contributed by atoms with E-state index in [4.69, 9.17) is 18.6 Å². The zero-order valence-electron chi connectivity index (χ0n) is 18.6. The van der Waals surface area contributed by atoms with E-state index in [2.05, 4.69) is 10.3 Å². The average molecular weight is 479 g/mol. The second kappa shape index (κ2) is 8.75. The number of hydrogen-bond donors (Lipinski definition) is 1. The van der Waals surface area contributed by atoms with Crippen LogP contribution in [0.2, 0.25) is 0 Å². The quantitative estimate of drug-likeness (QED) is 0.413. The van der Waals surface area contributed by atoms with Gasteiger partial charge in [-0.25, -0.2) is 8.42 Å². The van der Waals surface area contributed by atoms with Crippen molar-refractivity contribution in [1.29, 1.82) is 0 Å². The SMILES string of the molecule is COc1ccc(Nc2oc(-c3ccccc3C)nc2S(=O)(=O)c2ccc3c(c2)OCCO3)cc1. The molecule has 1 N–H and O–H groups in total. The van der Waals surface area contributed by atoms with Crippen LogP contribution in [-0.2, 0) is 9.84 Å². The number of fused-ring (bicyclic) bond motifs is 1. The standard InChI is InChI=1S/C25H22N2O6S/c1-16-5-3-4-6-20(16)23-27-25(24(33-23)26-17-7-9-18(30-2)10-8-17)34(28,29)19-11-12-21-22(15-19)32-14-13-31-21/h3-12,15,26H,13-14H2,1-2H3. The van der Waals surface area contributed by atoms with Gasteiger partial charge in [-0.15, -0.1) is 0 Å². The number of anilines is 2. The number of sulfone groups is 1. The Morgan fingerprint density at radius 3 is 2.41 bits per heavy atom. The summed E-state index contributed by atoms with van der Waals surface area (Å²) in [6, 6.07) is 19.0. The first-order chi connectivity index (χ1) is 16.5. The van der Waals surface area contributed by atoms with Crippen molar-refractivity contribution in [3.63, 3.8) is 0 Å². The Morgan fingerprint density at radius 1 is 0.941 bits per heavy atom. The van der Waals surface area contributed by atoms with Gasteiger partial charge in [0, 0.05) is 17.3 Å². The molecule has 4 aromatic rings. The molecule has 0 amide bonds. The third kappa shape index (κ3) is 4.06. The minimum atomic E-state index is -4.06. The highest BCUT2D eigenvalue weighted by molar-refractivity contribution is 7.91. The molecule has 1 aliphatic heterocycles. The molecule has 0 spiro atoms. The number of nitrogens with one attached hydrogen (secondary N) is 1. The number of oxazole rings is 1. The van der Waals surface area contributed by atoms with Gasteiger partial charge in [0.2, 0.25) is 26.6 Å². The van der Waals surface area contributed by atoms with Crippen molar-refractivity contribution in [2.24, 2.45) is 0 Å². The molecule has 3 aromatic carbocycles. The molecule has 5 rings (SSSR count). The molecule has 34 heavy (non-hydrogen) atoms. The number of aryl methyl sites for hydroxylation is 1. The van der Waals surface area contributed by atoms with Gasteiger partial charge in [-0.1, -0.05) is 18.2 Å². The van der Waals surface area contributed by atoms with E-state index in [-0.39, 0.29) is 21.7 Å². The Kier molecular flexibility index (Phi) is 5.62. The van der Waals surface area contributed by atoms with Gasteiger partial charge in [0.05, 0.1) is 12.0 Å². The summed E-state index contributed by atoms with van der Waals surface area (Å²) >= 11 is 0. The number of methoxy groups -OCH3 is 1. The van der Waals surface area contributed by atoms with Gasteiger partial charge >= 0.3 is 0 Å². The summed E-state index contributed by atoms with van der Waals surface area (Å²) in [5.41, 5.74) is 2.22. The highest BCUT2D eigenvalue weighted by atomic mass is 32.2. The summed E-state index contributed by atoms with van der Waals surface area (Å²) in [5.74, 6) is 1.76. The van der Waals surface area contributed by atoms with E-state index in [1.54, 1.807) is 37.4 Å². The lowest BCUT2D eigenvalue weighted by Gasteiger charge is -2.18. The van der Waals surface area contributed by atoms with Gasteiger partial charge in [-0.2, -0.15) is 4.98 Å². The minimum Gasteiger partial charge on any atom is -0.497 e. The van der Waals surface area contributed by atoms with Gasteiger partial charge in [-0.3, -0.25) is 0 Å². The van der Waals surface area contributed by atoms with Gasteiger partial charge < -0.3 is 23.9 Å². The van der Waals surface area contributed by atoms with E-state index in [9.17, 15) is 8.42 Å². The molecule has 9 heteroatoms. The molecule has 174 valence electrons. The number of benzene rings is 3. The lowest BCUT2D eigenvalue weighted by Crippen LogP contribution is -2.16. The molecule has 0 unspecified atom stereocenters. The Bertz CT molecular complexity index is 1440. The summed E-state index contributed by atoms with van der Waals surface area (Å²) < 4.78 is 49.6. The fourth-order valence-corrected chi connectivity index (χ4v) is 4.88. The minimum absolute atomic E-state index is 0.0123. The second-order valence-corrected chi connectivity index (χ2v) is 9.50. The van der Waals surface area contributed by atoms with Crippen molar-refractivity contribution in [2.45, 2.75) is 16.8 Å². The van der Waals surface area contributed by atoms with Crippen molar-refractivity contribution >= 4 is 21.4 Å². The van der Waals surface area contributed by atoms with E-state index in [1.165, 1.54) is 12.1 Å². The van der Waals surface area contributed by atoms with Crippen LogP contribution in [0.4, 0.5) is 11.6 Å². The fourth-order valence-electron chi connectivity index (χ4n) is 3.60. The molecule has 0 atom stereocenters. The Labute approximate surface area is 197 Å². The second-order valence-electron chi connectivity index (χ2n) is 7.63. The monoisotopic (exact) mass is 478 g/mol. The molecular formula is C25H22N2O6S.